The number of nitrogens with zero attached hydrogens (tertiary/aromatic N) is 2. The van der Waals surface area contributed by atoms with Crippen molar-refractivity contribution >= 4 is 23.5 Å². The number of para-hydroxylation sites is 1. The summed E-state index contributed by atoms with van der Waals surface area (Å²) in [7, 11) is 2.10. The monoisotopic (exact) mass is 240 g/mol. The second-order valence-corrected chi connectivity index (χ2v) is 4.95. The molecule has 0 atom stereocenters. The van der Waals surface area contributed by atoms with Crippen molar-refractivity contribution in [1.29, 1.82) is 0 Å². The number of rotatable bonds is 1. The van der Waals surface area contributed by atoms with Gasteiger partial charge in [0.25, 0.3) is 0 Å². The maximum atomic E-state index is 4.03. The van der Waals surface area contributed by atoms with Gasteiger partial charge in [-0.05, 0) is 35.9 Å². The molecule has 84 valence electrons. The zero-order valence-electron chi connectivity index (χ0n) is 9.50. The highest BCUT2D eigenvalue weighted by Crippen LogP contribution is 2.45. The van der Waals surface area contributed by atoms with Gasteiger partial charge in [0.05, 0.1) is 10.7 Å². The largest absolute Gasteiger partial charge is 0.338 e. The van der Waals surface area contributed by atoms with E-state index in [1.807, 2.05) is 24.5 Å². The van der Waals surface area contributed by atoms with Crippen LogP contribution in [0, 0.1) is 0 Å². The van der Waals surface area contributed by atoms with Crippen LogP contribution in [-0.2, 0) is 0 Å². The number of hydrogen-bond acceptors (Lipinski definition) is 3. The number of fused-ring (bicyclic) bond motifs is 1. The lowest BCUT2D eigenvalue weighted by atomic mass is 10.2. The highest BCUT2D eigenvalue weighted by atomic mass is 32.2. The van der Waals surface area contributed by atoms with Gasteiger partial charge in [-0.15, -0.1) is 0 Å². The Morgan fingerprint density at radius 3 is 2.65 bits per heavy atom. The fourth-order valence-electron chi connectivity index (χ4n) is 1.85. The van der Waals surface area contributed by atoms with Crippen molar-refractivity contribution in [2.45, 2.75) is 4.90 Å². The molecule has 1 aliphatic heterocycles. The van der Waals surface area contributed by atoms with Gasteiger partial charge in [-0.2, -0.15) is 0 Å². The molecule has 0 spiro atoms. The van der Waals surface area contributed by atoms with E-state index in [0.717, 1.165) is 0 Å². The standard InChI is InChI=1S/C14H12N2S/c1-16-12-4-2-3-5-13(12)17-14(16)10-11-6-8-15-9-7-11/h2-10H,1H3/b14-10+. The first-order chi connectivity index (χ1) is 8.34. The number of aromatic nitrogens is 1. The van der Waals surface area contributed by atoms with Gasteiger partial charge >= 0.3 is 0 Å². The summed E-state index contributed by atoms with van der Waals surface area (Å²) >= 11 is 1.81. The predicted molar refractivity (Wildman–Crippen MR) is 72.9 cm³/mol. The quantitative estimate of drug-likeness (QED) is 0.757. The molecule has 0 bridgehead atoms. The Balaban J connectivity index is 1.97. The first-order valence-corrected chi connectivity index (χ1v) is 6.28. The summed E-state index contributed by atoms with van der Waals surface area (Å²) < 4.78 is 0. The van der Waals surface area contributed by atoms with Gasteiger partial charge in [-0.25, -0.2) is 0 Å². The van der Waals surface area contributed by atoms with Gasteiger partial charge in [-0.3, -0.25) is 4.98 Å². The van der Waals surface area contributed by atoms with E-state index in [1.54, 1.807) is 11.8 Å². The van der Waals surface area contributed by atoms with Crippen LogP contribution in [0.15, 0.2) is 58.7 Å². The molecule has 1 aromatic carbocycles. The summed E-state index contributed by atoms with van der Waals surface area (Å²) in [6.07, 6.45) is 5.82. The topological polar surface area (TPSA) is 16.1 Å². The molecule has 1 aromatic heterocycles. The number of pyridine rings is 1. The molecule has 2 nitrogen and oxygen atoms in total. The molecule has 0 unspecified atom stereocenters. The lowest BCUT2D eigenvalue weighted by Crippen LogP contribution is -2.09. The van der Waals surface area contributed by atoms with E-state index in [4.69, 9.17) is 0 Å². The number of hydrogen-bond donors (Lipinski definition) is 0. The van der Waals surface area contributed by atoms with Crippen molar-refractivity contribution in [2.24, 2.45) is 0 Å². The number of thioether (sulfide) groups is 1. The zero-order chi connectivity index (χ0) is 11.7. The molecular weight excluding hydrogens is 228 g/mol. The molecule has 0 saturated carbocycles. The Bertz CT molecular complexity index is 563. The highest BCUT2D eigenvalue weighted by molar-refractivity contribution is 8.03. The summed E-state index contributed by atoms with van der Waals surface area (Å²) in [5.74, 6) is 0. The summed E-state index contributed by atoms with van der Waals surface area (Å²) in [5, 5.41) is 1.25. The van der Waals surface area contributed by atoms with Crippen LogP contribution in [-0.4, -0.2) is 12.0 Å². The summed E-state index contributed by atoms with van der Waals surface area (Å²) in [6, 6.07) is 12.5. The van der Waals surface area contributed by atoms with Crippen LogP contribution < -0.4 is 4.90 Å². The van der Waals surface area contributed by atoms with E-state index in [-0.39, 0.29) is 0 Å². The molecule has 2 aromatic rings. The van der Waals surface area contributed by atoms with Gasteiger partial charge in [0.2, 0.25) is 0 Å². The molecule has 0 amide bonds. The molecule has 0 fully saturated rings. The van der Waals surface area contributed by atoms with Crippen molar-refractivity contribution in [3.05, 3.63) is 59.4 Å². The van der Waals surface area contributed by atoms with E-state index < -0.39 is 0 Å². The van der Waals surface area contributed by atoms with Crippen molar-refractivity contribution in [1.82, 2.24) is 4.98 Å². The van der Waals surface area contributed by atoms with Crippen LogP contribution in [0.4, 0.5) is 5.69 Å². The predicted octanol–water partition coefficient (Wildman–Crippen LogP) is 3.62. The minimum Gasteiger partial charge on any atom is -0.338 e. The average Bonchev–Trinajstić information content (AvgIpc) is 2.68. The minimum atomic E-state index is 1.18. The van der Waals surface area contributed by atoms with Crippen LogP contribution in [0.2, 0.25) is 0 Å². The van der Waals surface area contributed by atoms with Gasteiger partial charge in [0.15, 0.2) is 0 Å². The van der Waals surface area contributed by atoms with Gasteiger partial charge in [0.1, 0.15) is 0 Å². The lowest BCUT2D eigenvalue weighted by Gasteiger charge is -2.13. The van der Waals surface area contributed by atoms with Crippen LogP contribution >= 0.6 is 11.8 Å². The van der Waals surface area contributed by atoms with E-state index in [1.165, 1.54) is 21.2 Å². The van der Waals surface area contributed by atoms with E-state index in [2.05, 4.69) is 47.3 Å². The summed E-state index contributed by atoms with van der Waals surface area (Å²) in [5.41, 5.74) is 2.46. The fourth-order valence-corrected chi connectivity index (χ4v) is 2.96. The molecule has 2 heterocycles. The SMILES string of the molecule is CN1/C(=C\c2ccncc2)Sc2ccccc21. The maximum absolute atomic E-state index is 4.03. The third kappa shape index (κ3) is 1.94. The Kier molecular flexibility index (Phi) is 2.61. The first kappa shape index (κ1) is 10.4. The first-order valence-electron chi connectivity index (χ1n) is 5.47. The van der Waals surface area contributed by atoms with E-state index >= 15 is 0 Å². The lowest BCUT2D eigenvalue weighted by molar-refractivity contribution is 1.18. The van der Waals surface area contributed by atoms with Gasteiger partial charge < -0.3 is 4.90 Å². The normalized spacial score (nSPS) is 16.3. The van der Waals surface area contributed by atoms with E-state index in [9.17, 15) is 0 Å². The van der Waals surface area contributed by atoms with Crippen LogP contribution in [0.5, 0.6) is 0 Å². The molecule has 3 heteroatoms. The molecular formula is C14H12N2S. The molecule has 0 radical (unpaired) electrons. The van der Waals surface area contributed by atoms with Crippen LogP contribution in [0.25, 0.3) is 6.08 Å². The maximum Gasteiger partial charge on any atom is 0.0804 e. The van der Waals surface area contributed by atoms with Crippen LogP contribution in [0.1, 0.15) is 5.56 Å². The second-order valence-electron chi connectivity index (χ2n) is 3.89. The molecule has 3 rings (SSSR count). The molecule has 0 N–H and O–H groups in total. The number of benzene rings is 1. The van der Waals surface area contributed by atoms with Gasteiger partial charge in [0, 0.05) is 24.3 Å². The second kappa shape index (κ2) is 4.26. The van der Waals surface area contributed by atoms with Crippen molar-refractivity contribution in [2.75, 3.05) is 11.9 Å². The Hall–Kier alpha value is -1.74. The fraction of sp³-hybridized carbons (Fsp3) is 0.0714. The highest BCUT2D eigenvalue weighted by Gasteiger charge is 2.20. The van der Waals surface area contributed by atoms with Gasteiger partial charge in [-0.1, -0.05) is 23.9 Å². The summed E-state index contributed by atoms with van der Waals surface area (Å²) in [6.45, 7) is 0. The molecule has 0 saturated heterocycles. The Morgan fingerprint density at radius 1 is 1.12 bits per heavy atom. The van der Waals surface area contributed by atoms with Crippen LogP contribution in [0.3, 0.4) is 0 Å². The molecule has 0 aliphatic carbocycles. The third-order valence-electron chi connectivity index (χ3n) is 2.77. The Labute approximate surface area is 105 Å². The minimum absolute atomic E-state index is 1.18. The summed E-state index contributed by atoms with van der Waals surface area (Å²) in [4.78, 5) is 7.57. The average molecular weight is 240 g/mol. The Morgan fingerprint density at radius 2 is 1.88 bits per heavy atom. The number of anilines is 1. The van der Waals surface area contributed by atoms with Crippen molar-refractivity contribution in [3.63, 3.8) is 0 Å². The molecule has 17 heavy (non-hydrogen) atoms. The smallest absolute Gasteiger partial charge is 0.0804 e. The molecule has 1 aliphatic rings. The zero-order valence-corrected chi connectivity index (χ0v) is 10.3. The van der Waals surface area contributed by atoms with E-state index in [0.29, 0.717) is 0 Å². The third-order valence-corrected chi connectivity index (χ3v) is 3.93. The van der Waals surface area contributed by atoms with Crippen molar-refractivity contribution in [3.8, 4) is 0 Å². The van der Waals surface area contributed by atoms with Crippen molar-refractivity contribution < 1.29 is 0 Å².